The highest BCUT2D eigenvalue weighted by Crippen LogP contribution is 2.22. The minimum absolute atomic E-state index is 0.0526. The second-order valence-electron chi connectivity index (χ2n) is 9.14. The summed E-state index contributed by atoms with van der Waals surface area (Å²) in [6.45, 7) is 4.26. The van der Waals surface area contributed by atoms with E-state index in [0.29, 0.717) is 44.8 Å². The van der Waals surface area contributed by atoms with Gasteiger partial charge in [0, 0.05) is 37.9 Å². The number of aryl methyl sites for hydroxylation is 1. The highest BCUT2D eigenvalue weighted by Gasteiger charge is 2.27. The van der Waals surface area contributed by atoms with Crippen molar-refractivity contribution < 1.29 is 4.79 Å². The van der Waals surface area contributed by atoms with Crippen molar-refractivity contribution in [2.75, 3.05) is 18.0 Å². The molecule has 1 saturated heterocycles. The van der Waals surface area contributed by atoms with Gasteiger partial charge >= 0.3 is 0 Å². The topological polar surface area (TPSA) is 80.1 Å². The number of hydrogen-bond acceptors (Lipinski definition) is 5. The summed E-state index contributed by atoms with van der Waals surface area (Å²) in [5.74, 6) is 0.444. The van der Waals surface area contributed by atoms with Gasteiger partial charge in [0.15, 0.2) is 5.82 Å². The van der Waals surface area contributed by atoms with Gasteiger partial charge in [-0.2, -0.15) is 0 Å². The van der Waals surface area contributed by atoms with Crippen LogP contribution in [0.3, 0.4) is 0 Å². The molecule has 4 aromatic rings. The van der Waals surface area contributed by atoms with Crippen molar-refractivity contribution in [3.05, 3.63) is 100 Å². The lowest BCUT2D eigenvalue weighted by Gasteiger charge is -2.32. The monoisotopic (exact) mass is 467 g/mol. The highest BCUT2D eigenvalue weighted by atomic mass is 16.2. The number of para-hydroxylation sites is 2. The van der Waals surface area contributed by atoms with Crippen LogP contribution in [0.2, 0.25) is 0 Å². The number of piperidine rings is 1. The first-order valence-electron chi connectivity index (χ1n) is 12.0. The van der Waals surface area contributed by atoms with Crippen molar-refractivity contribution in [2.45, 2.75) is 32.9 Å². The van der Waals surface area contributed by atoms with Crippen LogP contribution in [0.4, 0.5) is 5.82 Å². The smallest absolute Gasteiger partial charge is 0.294 e. The van der Waals surface area contributed by atoms with Crippen molar-refractivity contribution in [3.63, 3.8) is 0 Å². The molecule has 0 spiro atoms. The zero-order valence-corrected chi connectivity index (χ0v) is 19.9. The maximum atomic E-state index is 13.6. The Kier molecular flexibility index (Phi) is 6.57. The fourth-order valence-corrected chi connectivity index (χ4v) is 4.61. The number of rotatable bonds is 6. The van der Waals surface area contributed by atoms with Crippen LogP contribution < -0.4 is 15.8 Å². The molecular weight excluding hydrogens is 438 g/mol. The number of benzene rings is 2. The third-order valence-electron chi connectivity index (χ3n) is 6.65. The summed E-state index contributed by atoms with van der Waals surface area (Å²) in [5.41, 5.74) is 4.77. The average molecular weight is 468 g/mol. The van der Waals surface area contributed by atoms with Crippen LogP contribution in [0.1, 0.15) is 29.5 Å². The number of carbonyl (C=O) groups excluding carboxylic acids is 1. The Labute approximate surface area is 204 Å². The van der Waals surface area contributed by atoms with E-state index in [-0.39, 0.29) is 17.4 Å². The standard InChI is InChI=1S/C28H29N5O2/c1-20-8-10-21(11-9-20)19-33-25-7-3-2-6-24(25)31-26(28(33)35)32-15-12-23(13-16-32)27(34)30-18-22-5-4-14-29-17-22/h2-11,14,17,23H,12-13,15-16,18-19H2,1H3,(H,30,34). The summed E-state index contributed by atoms with van der Waals surface area (Å²) < 4.78 is 1.81. The number of carbonyl (C=O) groups is 1. The first-order valence-corrected chi connectivity index (χ1v) is 12.0. The zero-order chi connectivity index (χ0) is 24.2. The molecule has 0 radical (unpaired) electrons. The minimum Gasteiger partial charge on any atom is -0.352 e. The van der Waals surface area contributed by atoms with Crippen LogP contribution in [0.25, 0.3) is 11.0 Å². The van der Waals surface area contributed by atoms with E-state index >= 15 is 0 Å². The first kappa shape index (κ1) is 22.8. The third-order valence-corrected chi connectivity index (χ3v) is 6.65. The Morgan fingerprint density at radius 1 is 1.00 bits per heavy atom. The first-order chi connectivity index (χ1) is 17.1. The van der Waals surface area contributed by atoms with Gasteiger partial charge in [0.05, 0.1) is 17.6 Å². The van der Waals surface area contributed by atoms with Gasteiger partial charge < -0.3 is 10.2 Å². The van der Waals surface area contributed by atoms with E-state index in [1.165, 1.54) is 5.56 Å². The average Bonchev–Trinajstić information content (AvgIpc) is 2.90. The van der Waals surface area contributed by atoms with E-state index in [0.717, 1.165) is 22.2 Å². The van der Waals surface area contributed by atoms with Gasteiger partial charge in [0.25, 0.3) is 5.56 Å². The second-order valence-corrected chi connectivity index (χ2v) is 9.14. The number of fused-ring (bicyclic) bond motifs is 1. The number of aromatic nitrogens is 3. The number of nitrogens with one attached hydrogen (secondary N) is 1. The lowest BCUT2D eigenvalue weighted by atomic mass is 9.96. The Bertz CT molecular complexity index is 1370. The molecule has 3 heterocycles. The molecule has 7 heteroatoms. The molecule has 2 aromatic heterocycles. The highest BCUT2D eigenvalue weighted by molar-refractivity contribution is 5.79. The van der Waals surface area contributed by atoms with Crippen molar-refractivity contribution >= 4 is 22.8 Å². The van der Waals surface area contributed by atoms with Gasteiger partial charge in [0.1, 0.15) is 0 Å². The lowest BCUT2D eigenvalue weighted by molar-refractivity contribution is -0.125. The van der Waals surface area contributed by atoms with Gasteiger partial charge in [-0.15, -0.1) is 0 Å². The molecule has 1 N–H and O–H groups in total. The van der Waals surface area contributed by atoms with E-state index in [1.54, 1.807) is 12.4 Å². The second kappa shape index (κ2) is 10.1. The molecule has 5 rings (SSSR count). The Hall–Kier alpha value is -4.00. The molecule has 7 nitrogen and oxygen atoms in total. The van der Waals surface area contributed by atoms with Gasteiger partial charge in [0.2, 0.25) is 5.91 Å². The van der Waals surface area contributed by atoms with E-state index in [1.807, 2.05) is 45.9 Å². The number of pyridine rings is 1. The quantitative estimate of drug-likeness (QED) is 0.468. The van der Waals surface area contributed by atoms with Crippen LogP contribution in [-0.2, 0) is 17.9 Å². The molecule has 2 aromatic carbocycles. The largest absolute Gasteiger partial charge is 0.352 e. The SMILES string of the molecule is Cc1ccc(Cn2c(=O)c(N3CCC(C(=O)NCc4cccnc4)CC3)nc3ccccc32)cc1. The zero-order valence-electron chi connectivity index (χ0n) is 19.9. The molecule has 1 amide bonds. The number of anilines is 1. The van der Waals surface area contributed by atoms with Crippen molar-refractivity contribution in [1.82, 2.24) is 19.9 Å². The molecule has 1 aliphatic heterocycles. The minimum atomic E-state index is -0.0937. The normalized spacial score (nSPS) is 14.3. The predicted octanol–water partition coefficient (Wildman–Crippen LogP) is 3.68. The fourth-order valence-electron chi connectivity index (χ4n) is 4.61. The van der Waals surface area contributed by atoms with E-state index < -0.39 is 0 Å². The number of hydrogen-bond donors (Lipinski definition) is 1. The van der Waals surface area contributed by atoms with Gasteiger partial charge in [-0.25, -0.2) is 4.98 Å². The predicted molar refractivity (Wildman–Crippen MR) is 137 cm³/mol. The molecule has 35 heavy (non-hydrogen) atoms. The van der Waals surface area contributed by atoms with Gasteiger partial charge in [-0.3, -0.25) is 19.1 Å². The summed E-state index contributed by atoms with van der Waals surface area (Å²) in [6.07, 6.45) is 4.85. The molecule has 1 aliphatic rings. The summed E-state index contributed by atoms with van der Waals surface area (Å²) in [6, 6.07) is 19.8. The number of amides is 1. The van der Waals surface area contributed by atoms with E-state index in [9.17, 15) is 9.59 Å². The molecule has 178 valence electrons. The number of nitrogens with zero attached hydrogens (tertiary/aromatic N) is 4. The third kappa shape index (κ3) is 5.09. The Balaban J connectivity index is 1.33. The van der Waals surface area contributed by atoms with Gasteiger partial charge in [-0.05, 0) is 49.1 Å². The molecule has 0 atom stereocenters. The van der Waals surface area contributed by atoms with E-state index in [4.69, 9.17) is 4.98 Å². The molecule has 0 aliphatic carbocycles. The fraction of sp³-hybridized carbons (Fsp3) is 0.286. The van der Waals surface area contributed by atoms with Crippen molar-refractivity contribution in [3.8, 4) is 0 Å². The van der Waals surface area contributed by atoms with Crippen LogP contribution in [-0.4, -0.2) is 33.5 Å². The van der Waals surface area contributed by atoms with Crippen LogP contribution in [0, 0.1) is 12.8 Å². The summed E-state index contributed by atoms with van der Waals surface area (Å²) in [5, 5.41) is 3.02. The van der Waals surface area contributed by atoms with Crippen LogP contribution in [0.15, 0.2) is 77.9 Å². The van der Waals surface area contributed by atoms with E-state index in [2.05, 4.69) is 41.5 Å². The summed E-state index contributed by atoms with van der Waals surface area (Å²) in [4.78, 5) is 37.2. The van der Waals surface area contributed by atoms with Crippen molar-refractivity contribution in [2.24, 2.45) is 5.92 Å². The molecule has 0 unspecified atom stereocenters. The van der Waals surface area contributed by atoms with Crippen molar-refractivity contribution in [1.29, 1.82) is 0 Å². The molecular formula is C28H29N5O2. The Morgan fingerprint density at radius 2 is 1.77 bits per heavy atom. The van der Waals surface area contributed by atoms with Crippen LogP contribution in [0.5, 0.6) is 0 Å². The molecule has 0 saturated carbocycles. The molecule has 1 fully saturated rings. The summed E-state index contributed by atoms with van der Waals surface area (Å²) >= 11 is 0. The Morgan fingerprint density at radius 3 is 2.51 bits per heavy atom. The maximum Gasteiger partial charge on any atom is 0.294 e. The molecule has 0 bridgehead atoms. The van der Waals surface area contributed by atoms with Crippen LogP contribution >= 0.6 is 0 Å². The maximum absolute atomic E-state index is 13.6. The summed E-state index contributed by atoms with van der Waals surface area (Å²) in [7, 11) is 0. The van der Waals surface area contributed by atoms with Gasteiger partial charge in [-0.1, -0.05) is 48.0 Å². The lowest BCUT2D eigenvalue weighted by Crippen LogP contribution is -2.43.